The number of aliphatic hydroxyl groups is 1. The lowest BCUT2D eigenvalue weighted by Gasteiger charge is -2.36. The van der Waals surface area contributed by atoms with Crippen LogP contribution in [0.3, 0.4) is 0 Å². The molecular weight excluding hydrogens is 246 g/mol. The van der Waals surface area contributed by atoms with Crippen molar-refractivity contribution in [1.82, 2.24) is 25.1 Å². The fraction of sp³-hybridized carbons (Fsp3) is 0.917. The maximum Gasteiger partial charge on any atom is 0.216 e. The molecule has 2 heterocycles. The quantitative estimate of drug-likeness (QED) is 0.804. The molecular formula is C12H23N5O2. The molecule has 19 heavy (non-hydrogen) atoms. The molecule has 2 rings (SSSR count). The van der Waals surface area contributed by atoms with Gasteiger partial charge in [-0.25, -0.2) is 0 Å². The summed E-state index contributed by atoms with van der Waals surface area (Å²) in [5.41, 5.74) is -0.345. The Bertz CT molecular complexity index is 406. The van der Waals surface area contributed by atoms with Crippen LogP contribution < -0.4 is 0 Å². The molecule has 1 aliphatic heterocycles. The van der Waals surface area contributed by atoms with E-state index in [0.29, 0.717) is 5.92 Å². The van der Waals surface area contributed by atoms with Crippen molar-refractivity contribution in [1.29, 1.82) is 0 Å². The van der Waals surface area contributed by atoms with Crippen LogP contribution in [0.1, 0.15) is 45.4 Å². The lowest BCUT2D eigenvalue weighted by molar-refractivity contribution is -0.242. The Morgan fingerprint density at radius 1 is 1.32 bits per heavy atom. The number of nitrogens with zero attached hydrogens (tertiary/aromatic N) is 5. The Morgan fingerprint density at radius 2 is 1.95 bits per heavy atom. The van der Waals surface area contributed by atoms with Crippen molar-refractivity contribution < 1.29 is 9.84 Å². The van der Waals surface area contributed by atoms with E-state index in [0.717, 1.165) is 31.8 Å². The minimum Gasteiger partial charge on any atom is -0.356 e. The lowest BCUT2D eigenvalue weighted by atomic mass is 9.96. The number of aliphatic hydroxyl groups excluding tert-OH is 1. The molecule has 1 N–H and O–H groups in total. The van der Waals surface area contributed by atoms with E-state index < -0.39 is 6.41 Å². The van der Waals surface area contributed by atoms with Crippen LogP contribution in [0, 0.1) is 0 Å². The molecule has 7 nitrogen and oxygen atoms in total. The molecule has 1 aromatic rings. The Balaban J connectivity index is 1.85. The minimum atomic E-state index is -0.837. The van der Waals surface area contributed by atoms with Crippen LogP contribution in [0.25, 0.3) is 0 Å². The first-order valence-corrected chi connectivity index (χ1v) is 6.69. The van der Waals surface area contributed by atoms with Gasteiger partial charge in [0.1, 0.15) is 0 Å². The Labute approximate surface area is 113 Å². The molecule has 0 radical (unpaired) electrons. The van der Waals surface area contributed by atoms with Crippen molar-refractivity contribution in [2.24, 2.45) is 7.05 Å². The van der Waals surface area contributed by atoms with E-state index in [1.54, 1.807) is 7.05 Å². The predicted molar refractivity (Wildman–Crippen MR) is 69.2 cm³/mol. The fourth-order valence-electron chi connectivity index (χ4n) is 2.23. The van der Waals surface area contributed by atoms with E-state index in [1.165, 1.54) is 4.80 Å². The molecule has 1 aliphatic rings. The van der Waals surface area contributed by atoms with Gasteiger partial charge in [-0.2, -0.15) is 4.80 Å². The van der Waals surface area contributed by atoms with E-state index in [2.05, 4.69) is 15.4 Å². The number of piperidine rings is 1. The monoisotopic (exact) mass is 269 g/mol. The van der Waals surface area contributed by atoms with Gasteiger partial charge < -0.3 is 9.84 Å². The highest BCUT2D eigenvalue weighted by Gasteiger charge is 2.29. The van der Waals surface area contributed by atoms with Crippen LogP contribution in [-0.4, -0.2) is 55.3 Å². The molecule has 1 saturated heterocycles. The molecule has 1 atom stereocenters. The molecule has 0 amide bonds. The Morgan fingerprint density at radius 3 is 2.42 bits per heavy atom. The maximum absolute atomic E-state index is 10.0. The normalized spacial score (nSPS) is 20.7. The van der Waals surface area contributed by atoms with Gasteiger partial charge in [-0.3, -0.25) is 4.90 Å². The first-order chi connectivity index (χ1) is 8.85. The van der Waals surface area contributed by atoms with Crippen LogP contribution in [0.5, 0.6) is 0 Å². The summed E-state index contributed by atoms with van der Waals surface area (Å²) in [6, 6.07) is 0. The first-order valence-electron chi connectivity index (χ1n) is 6.69. The van der Waals surface area contributed by atoms with Gasteiger partial charge in [0.05, 0.1) is 12.6 Å². The standard InChI is InChI=1S/C12H23N5O2/c1-12(2,3)19-11(18)17-7-5-9(6-8-17)10-13-15-16(4)14-10/h9,11,18H,5-8H2,1-4H3. The second-order valence-electron chi connectivity index (χ2n) is 6.00. The van der Waals surface area contributed by atoms with Gasteiger partial charge in [0, 0.05) is 19.0 Å². The summed E-state index contributed by atoms with van der Waals surface area (Å²) >= 11 is 0. The molecule has 0 aromatic carbocycles. The van der Waals surface area contributed by atoms with Crippen molar-refractivity contribution in [2.45, 2.75) is 51.5 Å². The fourth-order valence-corrected chi connectivity index (χ4v) is 2.23. The number of aromatic nitrogens is 4. The zero-order valence-electron chi connectivity index (χ0n) is 12.1. The molecule has 0 aliphatic carbocycles. The second kappa shape index (κ2) is 5.52. The lowest BCUT2D eigenvalue weighted by Crippen LogP contribution is -2.45. The van der Waals surface area contributed by atoms with Crippen molar-refractivity contribution in [2.75, 3.05) is 13.1 Å². The number of hydrogen-bond acceptors (Lipinski definition) is 6. The van der Waals surface area contributed by atoms with E-state index in [1.807, 2.05) is 25.7 Å². The second-order valence-corrected chi connectivity index (χ2v) is 6.00. The number of aryl methyl sites for hydroxylation is 1. The predicted octanol–water partition coefficient (Wildman–Crippen LogP) is 0.480. The van der Waals surface area contributed by atoms with E-state index >= 15 is 0 Å². The van der Waals surface area contributed by atoms with Gasteiger partial charge in [-0.05, 0) is 38.8 Å². The molecule has 1 unspecified atom stereocenters. The van der Waals surface area contributed by atoms with Crippen molar-refractivity contribution >= 4 is 0 Å². The van der Waals surface area contributed by atoms with Gasteiger partial charge in [-0.15, -0.1) is 10.2 Å². The zero-order valence-corrected chi connectivity index (χ0v) is 12.1. The summed E-state index contributed by atoms with van der Waals surface area (Å²) < 4.78 is 5.56. The van der Waals surface area contributed by atoms with Gasteiger partial charge in [-0.1, -0.05) is 0 Å². The summed E-state index contributed by atoms with van der Waals surface area (Å²) in [4.78, 5) is 3.43. The number of rotatable bonds is 3. The summed E-state index contributed by atoms with van der Waals surface area (Å²) in [5, 5.41) is 22.2. The van der Waals surface area contributed by atoms with Crippen molar-refractivity contribution in [3.63, 3.8) is 0 Å². The third-order valence-corrected chi connectivity index (χ3v) is 3.19. The van der Waals surface area contributed by atoms with E-state index in [-0.39, 0.29) is 5.60 Å². The van der Waals surface area contributed by atoms with Gasteiger partial charge in [0.25, 0.3) is 0 Å². The molecule has 108 valence electrons. The summed E-state index contributed by atoms with van der Waals surface area (Å²) in [6.07, 6.45) is 0.989. The smallest absolute Gasteiger partial charge is 0.216 e. The SMILES string of the molecule is Cn1nnc(C2CCN(C(O)OC(C)(C)C)CC2)n1. The highest BCUT2D eigenvalue weighted by molar-refractivity contribution is 4.94. The number of ether oxygens (including phenoxy) is 1. The molecule has 1 aromatic heterocycles. The molecule has 1 fully saturated rings. The number of hydrogen-bond donors (Lipinski definition) is 1. The Hall–Kier alpha value is -1.05. The topological polar surface area (TPSA) is 76.3 Å². The zero-order chi connectivity index (χ0) is 14.0. The average Bonchev–Trinajstić information content (AvgIpc) is 2.74. The van der Waals surface area contributed by atoms with E-state index in [4.69, 9.17) is 4.74 Å². The third kappa shape index (κ3) is 3.95. The minimum absolute atomic E-state index is 0.326. The van der Waals surface area contributed by atoms with Crippen LogP contribution in [-0.2, 0) is 11.8 Å². The van der Waals surface area contributed by atoms with Crippen molar-refractivity contribution in [3.05, 3.63) is 5.82 Å². The first kappa shape index (κ1) is 14.4. The molecule has 7 heteroatoms. The average molecular weight is 269 g/mol. The molecule has 0 bridgehead atoms. The van der Waals surface area contributed by atoms with Gasteiger partial charge >= 0.3 is 0 Å². The van der Waals surface area contributed by atoms with Crippen LogP contribution in [0.4, 0.5) is 0 Å². The van der Waals surface area contributed by atoms with Crippen molar-refractivity contribution in [3.8, 4) is 0 Å². The van der Waals surface area contributed by atoms with Crippen LogP contribution in [0.15, 0.2) is 0 Å². The summed E-state index contributed by atoms with van der Waals surface area (Å²) in [7, 11) is 1.77. The van der Waals surface area contributed by atoms with Gasteiger partial charge in [0.2, 0.25) is 6.41 Å². The highest BCUT2D eigenvalue weighted by Crippen LogP contribution is 2.26. The molecule has 0 saturated carbocycles. The number of likely N-dealkylation sites (tertiary alicyclic amines) is 1. The largest absolute Gasteiger partial charge is 0.356 e. The van der Waals surface area contributed by atoms with Gasteiger partial charge in [0.15, 0.2) is 5.82 Å². The maximum atomic E-state index is 10.0. The summed E-state index contributed by atoms with van der Waals surface area (Å²) in [6.45, 7) is 7.37. The molecule has 0 spiro atoms. The summed E-state index contributed by atoms with van der Waals surface area (Å²) in [5.74, 6) is 1.13. The van der Waals surface area contributed by atoms with Crippen LogP contribution in [0.2, 0.25) is 0 Å². The van der Waals surface area contributed by atoms with Crippen LogP contribution >= 0.6 is 0 Å². The van der Waals surface area contributed by atoms with E-state index in [9.17, 15) is 5.11 Å². The number of tetrazole rings is 1. The Kier molecular flexibility index (Phi) is 4.17. The third-order valence-electron chi connectivity index (χ3n) is 3.19. The highest BCUT2D eigenvalue weighted by atomic mass is 16.6.